The van der Waals surface area contributed by atoms with Crippen LogP contribution in [0.3, 0.4) is 0 Å². The van der Waals surface area contributed by atoms with Gasteiger partial charge in [0.05, 0.1) is 25.0 Å². The molecule has 1 unspecified atom stereocenters. The molecular weight excluding hydrogens is 515 g/mol. The summed E-state index contributed by atoms with van der Waals surface area (Å²) in [6.07, 6.45) is -4.34. The Balaban J connectivity index is 1.77. The molecule has 2 amide bonds. The summed E-state index contributed by atoms with van der Waals surface area (Å²) in [6, 6.07) is 6.70. The molecule has 2 aromatic heterocycles. The zero-order valence-corrected chi connectivity index (χ0v) is 19.1. The summed E-state index contributed by atoms with van der Waals surface area (Å²) in [7, 11) is 0.883. The number of nitrogens with two attached hydrogens (primary N) is 1. The zero-order valence-electron chi connectivity index (χ0n) is 18.4. The number of nitrogens with one attached hydrogen (secondary N) is 1. The maximum Gasteiger partial charge on any atom is 0.420 e. The summed E-state index contributed by atoms with van der Waals surface area (Å²) >= 11 is 5.62. The van der Waals surface area contributed by atoms with Crippen LogP contribution < -0.4 is 11.1 Å². The van der Waals surface area contributed by atoms with Crippen molar-refractivity contribution in [2.24, 2.45) is 0 Å². The quantitative estimate of drug-likeness (QED) is 0.317. The minimum atomic E-state index is -5.32. The van der Waals surface area contributed by atoms with E-state index in [1.165, 1.54) is 12.1 Å². The molecule has 0 aliphatic heterocycles. The van der Waals surface area contributed by atoms with Crippen LogP contribution in [0.4, 0.5) is 27.8 Å². The number of pyridine rings is 1. The molecule has 3 rings (SSSR count). The second-order valence-corrected chi connectivity index (χ2v) is 8.06. The van der Waals surface area contributed by atoms with Gasteiger partial charge in [-0.1, -0.05) is 11.6 Å². The van der Waals surface area contributed by atoms with E-state index in [-0.39, 0.29) is 22.2 Å². The molecule has 9 nitrogen and oxygen atoms in total. The Morgan fingerprint density at radius 2 is 1.81 bits per heavy atom. The van der Waals surface area contributed by atoms with E-state index in [0.29, 0.717) is 4.90 Å². The smallest absolute Gasteiger partial charge is 0.383 e. The fraction of sp³-hybridized carbons (Fsp3) is 0.238. The molecule has 0 aliphatic rings. The average molecular weight is 533 g/mol. The van der Waals surface area contributed by atoms with Crippen LogP contribution in [0.15, 0.2) is 42.6 Å². The third kappa shape index (κ3) is 5.54. The predicted molar refractivity (Wildman–Crippen MR) is 117 cm³/mol. The van der Waals surface area contributed by atoms with Crippen LogP contribution in [0.5, 0.6) is 0 Å². The molecular formula is C21H18ClF5N6O3. The monoisotopic (exact) mass is 532 g/mol. The van der Waals surface area contributed by atoms with Gasteiger partial charge in [-0.25, -0.2) is 18.4 Å². The number of alkyl halides is 3. The van der Waals surface area contributed by atoms with Gasteiger partial charge in [0.25, 0.3) is 11.8 Å². The second-order valence-electron chi connectivity index (χ2n) is 7.67. The Hall–Kier alpha value is -3.78. The van der Waals surface area contributed by atoms with Crippen molar-refractivity contribution < 1.29 is 36.6 Å². The van der Waals surface area contributed by atoms with Gasteiger partial charge in [0.15, 0.2) is 17.1 Å². The van der Waals surface area contributed by atoms with Crippen molar-refractivity contribution in [3.8, 4) is 5.69 Å². The van der Waals surface area contributed by atoms with Crippen molar-refractivity contribution in [1.82, 2.24) is 25.0 Å². The van der Waals surface area contributed by atoms with Gasteiger partial charge in [0.2, 0.25) is 0 Å². The highest BCUT2D eigenvalue weighted by Gasteiger charge is 2.55. The summed E-state index contributed by atoms with van der Waals surface area (Å²) in [4.78, 5) is 28.8. The van der Waals surface area contributed by atoms with Crippen molar-refractivity contribution in [2.75, 3.05) is 25.9 Å². The van der Waals surface area contributed by atoms with E-state index in [0.717, 1.165) is 42.2 Å². The molecule has 36 heavy (non-hydrogen) atoms. The van der Waals surface area contributed by atoms with Crippen LogP contribution in [-0.2, 0) is 0 Å². The number of amides is 2. The molecule has 1 aromatic carbocycles. The summed E-state index contributed by atoms with van der Waals surface area (Å²) in [5, 5.41) is 15.9. The number of rotatable bonds is 7. The van der Waals surface area contributed by atoms with Crippen LogP contribution >= 0.6 is 11.6 Å². The van der Waals surface area contributed by atoms with E-state index in [1.807, 2.05) is 5.32 Å². The van der Waals surface area contributed by atoms with E-state index >= 15 is 0 Å². The SMILES string of the molecule is CN(CC(O)(CNC(=O)c1cnn(-c2ccc(F)cc2)c1N)C(F)(F)F)C(=O)c1nc(Cl)ccc1F. The molecule has 4 N–H and O–H groups in total. The fourth-order valence-corrected chi connectivity index (χ4v) is 3.25. The Morgan fingerprint density at radius 3 is 2.42 bits per heavy atom. The number of nitrogen functional groups attached to an aromatic ring is 1. The number of likely N-dealkylation sites (N-methyl/N-ethyl adjacent to an activating group) is 1. The molecule has 0 bridgehead atoms. The fourth-order valence-electron chi connectivity index (χ4n) is 3.10. The molecule has 15 heteroatoms. The van der Waals surface area contributed by atoms with Crippen LogP contribution in [0.1, 0.15) is 20.8 Å². The highest BCUT2D eigenvalue weighted by atomic mass is 35.5. The van der Waals surface area contributed by atoms with E-state index in [1.54, 1.807) is 0 Å². The molecule has 0 saturated heterocycles. The first-order chi connectivity index (χ1) is 16.7. The Labute approximate surface area is 205 Å². The predicted octanol–water partition coefficient (Wildman–Crippen LogP) is 2.58. The first kappa shape index (κ1) is 26.8. The average Bonchev–Trinajstić information content (AvgIpc) is 3.19. The molecule has 0 saturated carbocycles. The van der Waals surface area contributed by atoms with E-state index in [2.05, 4.69) is 10.1 Å². The maximum absolute atomic E-state index is 13.9. The number of hydrogen-bond acceptors (Lipinski definition) is 6. The molecule has 1 atom stereocenters. The van der Waals surface area contributed by atoms with Gasteiger partial charge in [-0.3, -0.25) is 9.59 Å². The molecule has 0 spiro atoms. The lowest BCUT2D eigenvalue weighted by Gasteiger charge is -2.34. The van der Waals surface area contributed by atoms with Crippen LogP contribution in [0.2, 0.25) is 5.15 Å². The van der Waals surface area contributed by atoms with E-state index < -0.39 is 54.0 Å². The Kier molecular flexibility index (Phi) is 7.50. The summed E-state index contributed by atoms with van der Waals surface area (Å²) in [5.41, 5.74) is 1.34. The lowest BCUT2D eigenvalue weighted by atomic mass is 10.0. The van der Waals surface area contributed by atoms with Crippen molar-refractivity contribution >= 4 is 29.2 Å². The lowest BCUT2D eigenvalue weighted by Crippen LogP contribution is -2.60. The Morgan fingerprint density at radius 1 is 1.17 bits per heavy atom. The first-order valence-corrected chi connectivity index (χ1v) is 10.4. The van der Waals surface area contributed by atoms with Gasteiger partial charge < -0.3 is 21.1 Å². The number of carbonyl (C=O) groups excluding carboxylic acids is 2. The second kappa shape index (κ2) is 10.1. The normalized spacial score (nSPS) is 13.2. The summed E-state index contributed by atoms with van der Waals surface area (Å²) in [6.45, 7) is -2.77. The molecule has 2 heterocycles. The van der Waals surface area contributed by atoms with Gasteiger partial charge in [0.1, 0.15) is 22.4 Å². The molecule has 0 radical (unpaired) electrons. The number of aliphatic hydroxyl groups is 1. The summed E-state index contributed by atoms with van der Waals surface area (Å²) < 4.78 is 69.3. The number of halogens is 6. The molecule has 192 valence electrons. The van der Waals surface area contributed by atoms with Gasteiger partial charge in [-0.15, -0.1) is 0 Å². The standard InChI is InChI=1S/C21H18ClF5N6O3/c1-32(19(35)16-14(24)6-7-15(22)31-16)10-20(36,21(25,26)27)9-29-18(34)13-8-30-33(17(13)28)12-4-2-11(23)3-5-12/h2-8,36H,9-10,28H2,1H3,(H,29,34). The minimum absolute atomic E-state index is 0.260. The minimum Gasteiger partial charge on any atom is -0.383 e. The van der Waals surface area contributed by atoms with Crippen LogP contribution in [0, 0.1) is 11.6 Å². The topological polar surface area (TPSA) is 126 Å². The number of aromatic nitrogens is 3. The van der Waals surface area contributed by atoms with Crippen molar-refractivity contribution in [2.45, 2.75) is 11.8 Å². The van der Waals surface area contributed by atoms with Crippen molar-refractivity contribution in [3.05, 3.63) is 70.6 Å². The first-order valence-electron chi connectivity index (χ1n) is 9.98. The van der Waals surface area contributed by atoms with Gasteiger partial charge in [-0.2, -0.15) is 18.3 Å². The van der Waals surface area contributed by atoms with Crippen LogP contribution in [-0.4, -0.2) is 68.5 Å². The number of benzene rings is 1. The number of anilines is 1. The largest absolute Gasteiger partial charge is 0.420 e. The maximum atomic E-state index is 13.9. The van der Waals surface area contributed by atoms with Gasteiger partial charge in [-0.05, 0) is 36.4 Å². The molecule has 3 aromatic rings. The van der Waals surface area contributed by atoms with Gasteiger partial charge in [0, 0.05) is 7.05 Å². The number of nitrogens with zero attached hydrogens (tertiary/aromatic N) is 4. The zero-order chi connectivity index (χ0) is 26.8. The third-order valence-electron chi connectivity index (χ3n) is 5.05. The number of carbonyl (C=O) groups is 2. The highest BCUT2D eigenvalue weighted by Crippen LogP contribution is 2.31. The lowest BCUT2D eigenvalue weighted by molar-refractivity contribution is -0.259. The van der Waals surface area contributed by atoms with E-state index in [9.17, 15) is 36.6 Å². The van der Waals surface area contributed by atoms with Gasteiger partial charge >= 0.3 is 6.18 Å². The van der Waals surface area contributed by atoms with Crippen molar-refractivity contribution in [1.29, 1.82) is 0 Å². The summed E-state index contributed by atoms with van der Waals surface area (Å²) in [5.74, 6) is -4.32. The molecule has 0 aliphatic carbocycles. The molecule has 0 fully saturated rings. The van der Waals surface area contributed by atoms with Crippen LogP contribution in [0.25, 0.3) is 5.69 Å². The number of hydrogen-bond donors (Lipinski definition) is 3. The highest BCUT2D eigenvalue weighted by molar-refractivity contribution is 6.29. The van der Waals surface area contributed by atoms with E-state index in [4.69, 9.17) is 17.3 Å². The van der Waals surface area contributed by atoms with Crippen molar-refractivity contribution in [3.63, 3.8) is 0 Å². The Bertz CT molecular complexity index is 1280. The third-order valence-corrected chi connectivity index (χ3v) is 5.26.